The van der Waals surface area contributed by atoms with E-state index in [0.717, 1.165) is 0 Å². The summed E-state index contributed by atoms with van der Waals surface area (Å²) in [5.74, 6) is -0.910. The van der Waals surface area contributed by atoms with E-state index in [0.29, 0.717) is 31.2 Å². The smallest absolute Gasteiger partial charge is 0.320 e. The van der Waals surface area contributed by atoms with Gasteiger partial charge in [-0.2, -0.15) is 9.64 Å². The lowest BCUT2D eigenvalue weighted by Crippen LogP contribution is -2.34. The zero-order valence-corrected chi connectivity index (χ0v) is 17.2. The molecule has 5 N–H and O–H groups in total. The van der Waals surface area contributed by atoms with Crippen LogP contribution in [-0.2, 0) is 4.79 Å². The second-order valence-corrected chi connectivity index (χ2v) is 8.02. The molecule has 0 aliphatic rings. The van der Waals surface area contributed by atoms with Gasteiger partial charge in [0.25, 0.3) is 0 Å². The largest absolute Gasteiger partial charge is 0.480 e. The Morgan fingerprint density at radius 2 is 2.16 bits per heavy atom. The maximum atomic E-state index is 10.0. The van der Waals surface area contributed by atoms with Crippen molar-refractivity contribution in [3.05, 3.63) is 32.0 Å². The number of carboxylic acids is 1. The number of rotatable bonds is 3. The van der Waals surface area contributed by atoms with E-state index in [1.165, 1.54) is 20.9 Å². The Hall–Kier alpha value is -1.51. The number of nitrogen functional groups attached to an aromatic ring is 1. The molecule has 0 saturated carbocycles. The van der Waals surface area contributed by atoms with Crippen molar-refractivity contribution in [1.29, 1.82) is 5.26 Å². The molecular weight excluding hydrogens is 450 g/mol. The summed E-state index contributed by atoms with van der Waals surface area (Å²) in [6.45, 7) is 3.55. The summed E-state index contributed by atoms with van der Waals surface area (Å²) < 4.78 is 5.11. The van der Waals surface area contributed by atoms with Crippen molar-refractivity contribution in [3.8, 4) is 6.07 Å². The summed E-state index contributed by atoms with van der Waals surface area (Å²) >= 11 is 9.17. The number of nitrogens with two attached hydrogens (primary N) is 2. The number of hydrogen-bond acceptors (Lipinski definition) is 8. The normalized spacial score (nSPS) is 12.3. The molecule has 2 aromatic rings. The van der Waals surface area contributed by atoms with Gasteiger partial charge in [0, 0.05) is 10.5 Å². The number of carboxylic acid groups (broad SMARTS) is 1. The number of nitrogens with zero attached hydrogens (tertiary/aromatic N) is 3. The highest BCUT2D eigenvalue weighted by atomic mass is 79.9. The first-order valence-electron chi connectivity index (χ1n) is 6.81. The van der Waals surface area contributed by atoms with E-state index in [1.807, 2.05) is 6.07 Å². The summed E-state index contributed by atoms with van der Waals surface area (Å²) in [6.07, 6.45) is 0. The molecule has 0 saturated heterocycles. The molecule has 0 aliphatic carbocycles. The maximum Gasteiger partial charge on any atom is 0.320 e. The van der Waals surface area contributed by atoms with Gasteiger partial charge in [-0.05, 0) is 44.3 Å². The number of carbonyl (C=O) groups is 1. The molecule has 1 aromatic heterocycles. The van der Waals surface area contributed by atoms with Crippen LogP contribution in [0.3, 0.4) is 0 Å². The number of halogens is 2. The number of aliphatic carboxylic acids is 1. The van der Waals surface area contributed by atoms with E-state index in [-0.39, 0.29) is 5.92 Å². The van der Waals surface area contributed by atoms with E-state index in [9.17, 15) is 4.79 Å². The Morgan fingerprint density at radius 1 is 1.52 bits per heavy atom. The zero-order chi connectivity index (χ0) is 19.1. The Morgan fingerprint density at radius 3 is 2.56 bits per heavy atom. The van der Waals surface area contributed by atoms with Crippen molar-refractivity contribution in [2.45, 2.75) is 19.9 Å². The van der Waals surface area contributed by atoms with Crippen LogP contribution in [0.2, 0.25) is 5.15 Å². The standard InChI is InChI=1S/C9H4BrClN4S2.C5H11NO2/c10-7-4(3-12)5(13)1-2-6(7)14-9-8(11)15-17-16-9;1-3(2)4(6)5(7)8/h1-2H,13H2;3-4H,6H2,1-2H3,(H,7,8)/b14-9-;/t;4-/m.0/s1. The number of hydrogen-bond donors (Lipinski definition) is 3. The fraction of sp³-hybridized carbons (Fsp3) is 0.286. The summed E-state index contributed by atoms with van der Waals surface area (Å²) in [5, 5.41) is 17.6. The van der Waals surface area contributed by atoms with Crippen LogP contribution in [-0.4, -0.2) is 21.5 Å². The molecule has 1 heterocycles. The minimum absolute atomic E-state index is 0.0208. The van der Waals surface area contributed by atoms with Crippen molar-refractivity contribution in [2.75, 3.05) is 5.73 Å². The Balaban J connectivity index is 0.000000333. The van der Waals surface area contributed by atoms with Crippen LogP contribution in [0, 0.1) is 17.2 Å². The molecule has 11 heteroatoms. The molecule has 134 valence electrons. The summed E-state index contributed by atoms with van der Waals surface area (Å²) in [7, 11) is 2.63. The van der Waals surface area contributed by atoms with Crippen LogP contribution in [0.4, 0.5) is 11.4 Å². The lowest BCUT2D eigenvalue weighted by molar-refractivity contribution is -0.139. The topological polar surface area (TPSA) is 138 Å². The van der Waals surface area contributed by atoms with E-state index in [1.54, 1.807) is 26.0 Å². The highest BCUT2D eigenvalue weighted by molar-refractivity contribution is 9.10. The van der Waals surface area contributed by atoms with Crippen LogP contribution < -0.4 is 16.1 Å². The molecule has 0 radical (unpaired) electrons. The van der Waals surface area contributed by atoms with Crippen molar-refractivity contribution < 1.29 is 9.90 Å². The number of benzene rings is 1. The molecule has 1 atom stereocenters. The molecule has 0 amide bonds. The molecular formula is C14H15BrClN5O2S2. The van der Waals surface area contributed by atoms with Crippen LogP contribution in [0.5, 0.6) is 0 Å². The molecule has 0 unspecified atom stereocenters. The van der Waals surface area contributed by atoms with Gasteiger partial charge in [-0.15, -0.1) is 0 Å². The third-order valence-electron chi connectivity index (χ3n) is 2.90. The van der Waals surface area contributed by atoms with Gasteiger partial charge in [0.05, 0.1) is 21.4 Å². The minimum atomic E-state index is -0.931. The second-order valence-electron chi connectivity index (χ2n) is 5.04. The van der Waals surface area contributed by atoms with E-state index in [2.05, 4.69) is 25.3 Å². The third-order valence-corrected chi connectivity index (χ3v) is 5.87. The predicted octanol–water partition coefficient (Wildman–Crippen LogP) is 3.36. The Bertz CT molecular complexity index is 860. The number of anilines is 1. The fourth-order valence-electron chi connectivity index (χ4n) is 1.40. The van der Waals surface area contributed by atoms with Gasteiger partial charge in [0.15, 0.2) is 9.82 Å². The fourth-order valence-corrected chi connectivity index (χ4v) is 3.92. The van der Waals surface area contributed by atoms with Gasteiger partial charge in [0.1, 0.15) is 12.1 Å². The molecule has 0 fully saturated rings. The average Bonchev–Trinajstić information content (AvgIpc) is 2.95. The first-order chi connectivity index (χ1) is 11.7. The number of nitriles is 1. The van der Waals surface area contributed by atoms with Crippen molar-refractivity contribution in [1.82, 2.24) is 4.37 Å². The zero-order valence-electron chi connectivity index (χ0n) is 13.2. The highest BCUT2D eigenvalue weighted by Crippen LogP contribution is 2.32. The van der Waals surface area contributed by atoms with Crippen LogP contribution in [0.25, 0.3) is 0 Å². The Kier molecular flexibility index (Phi) is 8.47. The number of aromatic nitrogens is 1. The van der Waals surface area contributed by atoms with Gasteiger partial charge < -0.3 is 16.6 Å². The summed E-state index contributed by atoms with van der Waals surface area (Å²) in [5.41, 5.74) is 12.2. The average molecular weight is 465 g/mol. The van der Waals surface area contributed by atoms with E-state index >= 15 is 0 Å². The SMILES string of the molecule is CC(C)[C@H](N)C(=O)O.N#Cc1c(N)ccc(/N=c2\ssnc2Cl)c1Br. The van der Waals surface area contributed by atoms with Gasteiger partial charge in [-0.25, -0.2) is 4.99 Å². The van der Waals surface area contributed by atoms with Gasteiger partial charge in [-0.1, -0.05) is 25.4 Å². The quantitative estimate of drug-likeness (QED) is 0.470. The Labute approximate surface area is 165 Å². The van der Waals surface area contributed by atoms with Crippen LogP contribution in [0.15, 0.2) is 21.6 Å². The van der Waals surface area contributed by atoms with Crippen LogP contribution >= 0.6 is 48.4 Å². The first-order valence-corrected chi connectivity index (χ1v) is 10.1. The maximum absolute atomic E-state index is 10.0. The molecule has 0 spiro atoms. The van der Waals surface area contributed by atoms with E-state index < -0.39 is 12.0 Å². The lowest BCUT2D eigenvalue weighted by atomic mass is 10.1. The molecule has 7 nitrogen and oxygen atoms in total. The van der Waals surface area contributed by atoms with Gasteiger partial charge in [-0.3, -0.25) is 4.79 Å². The molecule has 1 aromatic carbocycles. The highest BCUT2D eigenvalue weighted by Gasteiger charge is 2.14. The summed E-state index contributed by atoms with van der Waals surface area (Å²) in [6, 6.07) is 4.67. The second kappa shape index (κ2) is 9.84. The third kappa shape index (κ3) is 6.05. The predicted molar refractivity (Wildman–Crippen MR) is 104 cm³/mol. The van der Waals surface area contributed by atoms with Crippen molar-refractivity contribution >= 4 is 65.8 Å². The van der Waals surface area contributed by atoms with Gasteiger partial charge >= 0.3 is 5.97 Å². The monoisotopic (exact) mass is 463 g/mol. The van der Waals surface area contributed by atoms with E-state index in [4.69, 9.17) is 33.4 Å². The lowest BCUT2D eigenvalue weighted by Gasteiger charge is -2.07. The minimum Gasteiger partial charge on any atom is -0.480 e. The first kappa shape index (κ1) is 21.5. The molecule has 2 rings (SSSR count). The van der Waals surface area contributed by atoms with Crippen molar-refractivity contribution in [2.24, 2.45) is 16.6 Å². The molecule has 0 bridgehead atoms. The molecule has 25 heavy (non-hydrogen) atoms. The van der Waals surface area contributed by atoms with Crippen LogP contribution in [0.1, 0.15) is 19.4 Å². The van der Waals surface area contributed by atoms with Gasteiger partial charge in [0.2, 0.25) is 0 Å². The summed E-state index contributed by atoms with van der Waals surface area (Å²) in [4.78, 5) is 14.3. The molecule has 0 aliphatic heterocycles. The van der Waals surface area contributed by atoms with Crippen molar-refractivity contribution in [3.63, 3.8) is 0 Å².